The Hall–Kier alpha value is -3.68. The lowest BCUT2D eigenvalue weighted by molar-refractivity contribution is -0.137. The normalized spacial score (nSPS) is 11.5. The highest BCUT2D eigenvalue weighted by molar-refractivity contribution is 5.57. The summed E-state index contributed by atoms with van der Waals surface area (Å²) in [6.07, 6.45) is -1.45. The molecule has 0 N–H and O–H groups in total. The van der Waals surface area contributed by atoms with Crippen LogP contribution >= 0.6 is 0 Å². The summed E-state index contributed by atoms with van der Waals surface area (Å²) in [5.41, 5.74) is 0.718. The zero-order valence-electron chi connectivity index (χ0n) is 14.3. The number of alkyl halides is 3. The second-order valence-corrected chi connectivity index (χ2v) is 5.98. The van der Waals surface area contributed by atoms with Crippen LogP contribution in [-0.4, -0.2) is 19.6 Å². The first-order valence-electron chi connectivity index (χ1n) is 8.31. The average Bonchev–Trinajstić information content (AvgIpc) is 3.18. The highest BCUT2D eigenvalue weighted by Crippen LogP contribution is 2.29. The standard InChI is InChI=1S/C20H13F3N4O/c21-20(22,23)14-6-8-15(9-7-14)26-13-11-18(28)19(25-26)17-10-12-24-27(17)16-4-2-1-3-5-16/h1-13H. The molecular formula is C20H13F3N4O. The summed E-state index contributed by atoms with van der Waals surface area (Å²) in [5, 5.41) is 8.57. The Kier molecular flexibility index (Phi) is 4.31. The molecule has 8 heteroatoms. The van der Waals surface area contributed by atoms with Crippen molar-refractivity contribution in [2.75, 3.05) is 0 Å². The number of hydrogen-bond acceptors (Lipinski definition) is 3. The lowest BCUT2D eigenvalue weighted by Crippen LogP contribution is -2.15. The van der Waals surface area contributed by atoms with Gasteiger partial charge in [0.05, 0.1) is 28.8 Å². The second-order valence-electron chi connectivity index (χ2n) is 5.98. The lowest BCUT2D eigenvalue weighted by atomic mass is 10.2. The fourth-order valence-corrected chi connectivity index (χ4v) is 2.79. The van der Waals surface area contributed by atoms with Crippen molar-refractivity contribution in [3.8, 4) is 22.8 Å². The maximum atomic E-state index is 12.8. The molecule has 140 valence electrons. The van der Waals surface area contributed by atoms with Gasteiger partial charge in [-0.25, -0.2) is 9.36 Å². The molecule has 0 aliphatic rings. The van der Waals surface area contributed by atoms with E-state index in [1.807, 2.05) is 30.3 Å². The first-order valence-corrected chi connectivity index (χ1v) is 8.31. The molecule has 0 aliphatic carbocycles. The van der Waals surface area contributed by atoms with E-state index in [0.29, 0.717) is 11.4 Å². The third-order valence-electron chi connectivity index (χ3n) is 4.15. The fraction of sp³-hybridized carbons (Fsp3) is 0.0500. The number of rotatable bonds is 3. The van der Waals surface area contributed by atoms with Crippen LogP contribution in [0.4, 0.5) is 13.2 Å². The Bertz CT molecular complexity index is 1160. The molecule has 4 aromatic rings. The Morgan fingerprint density at radius 1 is 0.821 bits per heavy atom. The van der Waals surface area contributed by atoms with Gasteiger partial charge in [-0.1, -0.05) is 18.2 Å². The molecular weight excluding hydrogens is 369 g/mol. The number of halogens is 3. The van der Waals surface area contributed by atoms with Crippen LogP contribution in [0.25, 0.3) is 22.8 Å². The van der Waals surface area contributed by atoms with Crippen LogP contribution in [-0.2, 0) is 6.18 Å². The molecule has 0 atom stereocenters. The molecule has 4 rings (SSSR count). The molecule has 0 amide bonds. The van der Waals surface area contributed by atoms with E-state index in [9.17, 15) is 18.0 Å². The fourth-order valence-electron chi connectivity index (χ4n) is 2.79. The number of para-hydroxylation sites is 1. The van der Waals surface area contributed by atoms with Crippen molar-refractivity contribution < 1.29 is 13.2 Å². The SMILES string of the molecule is O=c1ccn(-c2ccc(C(F)(F)F)cc2)nc1-c1ccnn1-c1ccccc1. The van der Waals surface area contributed by atoms with Gasteiger partial charge in [0, 0.05) is 12.3 Å². The number of hydrogen-bond donors (Lipinski definition) is 0. The minimum Gasteiger partial charge on any atom is -0.287 e. The molecule has 0 fully saturated rings. The molecule has 28 heavy (non-hydrogen) atoms. The molecule has 0 saturated carbocycles. The molecule has 0 spiro atoms. The summed E-state index contributed by atoms with van der Waals surface area (Å²) >= 11 is 0. The van der Waals surface area contributed by atoms with Gasteiger partial charge in [-0.3, -0.25) is 4.79 Å². The number of aromatic nitrogens is 4. The first-order chi connectivity index (χ1) is 13.4. The third-order valence-corrected chi connectivity index (χ3v) is 4.15. The summed E-state index contributed by atoms with van der Waals surface area (Å²) in [6, 6.07) is 16.8. The summed E-state index contributed by atoms with van der Waals surface area (Å²) < 4.78 is 41.2. The quantitative estimate of drug-likeness (QED) is 0.536. The minimum atomic E-state index is -4.41. The van der Waals surface area contributed by atoms with E-state index in [2.05, 4.69) is 10.2 Å². The van der Waals surface area contributed by atoms with Gasteiger partial charge in [0.2, 0.25) is 5.43 Å². The monoisotopic (exact) mass is 382 g/mol. The molecule has 2 aromatic heterocycles. The highest BCUT2D eigenvalue weighted by atomic mass is 19.4. The van der Waals surface area contributed by atoms with Crippen LogP contribution < -0.4 is 5.43 Å². The molecule has 2 aromatic carbocycles. The average molecular weight is 382 g/mol. The maximum Gasteiger partial charge on any atom is 0.416 e. The largest absolute Gasteiger partial charge is 0.416 e. The van der Waals surface area contributed by atoms with E-state index < -0.39 is 11.7 Å². The molecule has 0 unspecified atom stereocenters. The summed E-state index contributed by atoms with van der Waals surface area (Å²) in [4.78, 5) is 12.4. The minimum absolute atomic E-state index is 0.142. The van der Waals surface area contributed by atoms with Gasteiger partial charge < -0.3 is 0 Å². The van der Waals surface area contributed by atoms with Crippen molar-refractivity contribution in [1.29, 1.82) is 0 Å². The van der Waals surface area contributed by atoms with Gasteiger partial charge in [0.15, 0.2) is 5.69 Å². The first kappa shape index (κ1) is 17.7. The zero-order valence-corrected chi connectivity index (χ0v) is 14.3. The predicted octanol–water partition coefficient (Wildman–Crippen LogP) is 4.10. The Morgan fingerprint density at radius 3 is 2.21 bits per heavy atom. The second kappa shape index (κ2) is 6.80. The molecule has 0 aliphatic heterocycles. The van der Waals surface area contributed by atoms with Crippen molar-refractivity contribution >= 4 is 0 Å². The summed E-state index contributed by atoms with van der Waals surface area (Å²) in [6.45, 7) is 0. The Labute approximate surface area is 157 Å². The van der Waals surface area contributed by atoms with Crippen LogP contribution in [0.1, 0.15) is 5.56 Å². The van der Waals surface area contributed by atoms with Crippen molar-refractivity contribution in [2.45, 2.75) is 6.18 Å². The summed E-state index contributed by atoms with van der Waals surface area (Å²) in [5.74, 6) is 0. The third kappa shape index (κ3) is 3.32. The maximum absolute atomic E-state index is 12.8. The smallest absolute Gasteiger partial charge is 0.287 e. The van der Waals surface area contributed by atoms with Crippen molar-refractivity contribution in [1.82, 2.24) is 19.6 Å². The van der Waals surface area contributed by atoms with Crippen LogP contribution in [0.2, 0.25) is 0 Å². The number of nitrogens with zero attached hydrogens (tertiary/aromatic N) is 4. The van der Waals surface area contributed by atoms with Gasteiger partial charge in [0.1, 0.15) is 0 Å². The van der Waals surface area contributed by atoms with Crippen molar-refractivity contribution in [3.05, 3.63) is 94.9 Å². The van der Waals surface area contributed by atoms with Gasteiger partial charge >= 0.3 is 6.18 Å². The van der Waals surface area contributed by atoms with Gasteiger partial charge in [-0.05, 0) is 42.5 Å². The van der Waals surface area contributed by atoms with E-state index in [0.717, 1.165) is 17.8 Å². The molecule has 2 heterocycles. The van der Waals surface area contributed by atoms with Gasteiger partial charge in [0.25, 0.3) is 0 Å². The molecule has 0 bridgehead atoms. The number of benzene rings is 2. The van der Waals surface area contributed by atoms with E-state index in [4.69, 9.17) is 0 Å². The van der Waals surface area contributed by atoms with Crippen LogP contribution in [0.5, 0.6) is 0 Å². The topological polar surface area (TPSA) is 52.7 Å². The van der Waals surface area contributed by atoms with E-state index in [1.54, 1.807) is 16.9 Å². The van der Waals surface area contributed by atoms with Gasteiger partial charge in [-0.2, -0.15) is 23.4 Å². The summed E-state index contributed by atoms with van der Waals surface area (Å²) in [7, 11) is 0. The van der Waals surface area contributed by atoms with Crippen molar-refractivity contribution in [3.63, 3.8) is 0 Å². The Morgan fingerprint density at radius 2 is 1.54 bits per heavy atom. The van der Waals surface area contributed by atoms with Crippen LogP contribution in [0, 0.1) is 0 Å². The predicted molar refractivity (Wildman–Crippen MR) is 97.4 cm³/mol. The Balaban J connectivity index is 1.78. The highest BCUT2D eigenvalue weighted by Gasteiger charge is 2.30. The van der Waals surface area contributed by atoms with E-state index in [1.165, 1.54) is 29.1 Å². The lowest BCUT2D eigenvalue weighted by Gasteiger charge is -2.11. The zero-order chi connectivity index (χ0) is 19.7. The van der Waals surface area contributed by atoms with E-state index >= 15 is 0 Å². The molecule has 0 saturated heterocycles. The van der Waals surface area contributed by atoms with E-state index in [-0.39, 0.29) is 11.1 Å². The van der Waals surface area contributed by atoms with Crippen LogP contribution in [0.15, 0.2) is 83.9 Å². The molecule has 0 radical (unpaired) electrons. The van der Waals surface area contributed by atoms with Crippen molar-refractivity contribution in [2.24, 2.45) is 0 Å². The molecule has 5 nitrogen and oxygen atoms in total. The van der Waals surface area contributed by atoms with Crippen LogP contribution in [0.3, 0.4) is 0 Å². The van der Waals surface area contributed by atoms with Gasteiger partial charge in [-0.15, -0.1) is 0 Å².